The molecule has 1 aromatic heterocycles. The summed E-state index contributed by atoms with van der Waals surface area (Å²) >= 11 is 0. The second-order valence-electron chi connectivity index (χ2n) is 5.59. The van der Waals surface area contributed by atoms with Gasteiger partial charge in [0, 0.05) is 24.2 Å². The lowest BCUT2D eigenvalue weighted by atomic mass is 10.2. The molecule has 5 nitrogen and oxygen atoms in total. The van der Waals surface area contributed by atoms with Gasteiger partial charge in [0.2, 0.25) is 15.7 Å². The van der Waals surface area contributed by atoms with Crippen LogP contribution in [0, 0.1) is 5.82 Å². The van der Waals surface area contributed by atoms with Crippen LogP contribution >= 0.6 is 0 Å². The van der Waals surface area contributed by atoms with Gasteiger partial charge in [-0.3, -0.25) is 9.78 Å². The van der Waals surface area contributed by atoms with Gasteiger partial charge >= 0.3 is 0 Å². The summed E-state index contributed by atoms with van der Waals surface area (Å²) in [5, 5.41) is 2.65. The standard InChI is InChI=1S/C20H15FN2O3S/c21-16-4-8-18(9-5-16)27(25,26)19-10-6-17(7-11-19)23-20(24)12-3-15-2-1-13-22-14-15/h1-14H,(H,23,24)/b12-3+. The van der Waals surface area contributed by atoms with Gasteiger partial charge in [-0.1, -0.05) is 6.07 Å². The van der Waals surface area contributed by atoms with Crippen LogP contribution < -0.4 is 5.32 Å². The number of amides is 1. The summed E-state index contributed by atoms with van der Waals surface area (Å²) in [6, 6.07) is 13.9. The normalized spacial score (nSPS) is 11.4. The highest BCUT2D eigenvalue weighted by molar-refractivity contribution is 7.91. The van der Waals surface area contributed by atoms with E-state index < -0.39 is 15.7 Å². The van der Waals surface area contributed by atoms with Gasteiger partial charge in [-0.15, -0.1) is 0 Å². The maximum atomic E-state index is 13.0. The SMILES string of the molecule is O=C(/C=C/c1cccnc1)Nc1ccc(S(=O)(=O)c2ccc(F)cc2)cc1. The Morgan fingerprint density at radius 3 is 2.19 bits per heavy atom. The van der Waals surface area contributed by atoms with Gasteiger partial charge in [-0.25, -0.2) is 12.8 Å². The Hall–Kier alpha value is -3.32. The molecule has 0 radical (unpaired) electrons. The summed E-state index contributed by atoms with van der Waals surface area (Å²) in [4.78, 5) is 16.0. The first-order valence-corrected chi connectivity index (χ1v) is 9.43. The summed E-state index contributed by atoms with van der Waals surface area (Å²) in [5.74, 6) is -0.862. The molecule has 7 heteroatoms. The average Bonchev–Trinajstić information content (AvgIpc) is 2.68. The van der Waals surface area contributed by atoms with Crippen molar-refractivity contribution in [3.05, 3.63) is 90.5 Å². The fourth-order valence-corrected chi connectivity index (χ4v) is 3.56. The number of nitrogens with zero attached hydrogens (tertiary/aromatic N) is 1. The predicted octanol–water partition coefficient (Wildman–Crippen LogP) is 3.71. The molecular formula is C20H15FN2O3S. The fraction of sp³-hybridized carbons (Fsp3) is 0. The lowest BCUT2D eigenvalue weighted by Gasteiger charge is -2.07. The van der Waals surface area contributed by atoms with E-state index in [-0.39, 0.29) is 15.7 Å². The molecule has 136 valence electrons. The number of carbonyl (C=O) groups is 1. The van der Waals surface area contributed by atoms with Gasteiger partial charge in [-0.05, 0) is 66.2 Å². The Morgan fingerprint density at radius 2 is 1.59 bits per heavy atom. The van der Waals surface area contributed by atoms with Crippen molar-refractivity contribution in [1.82, 2.24) is 4.98 Å². The third-order valence-corrected chi connectivity index (χ3v) is 5.45. The molecule has 0 fully saturated rings. The number of sulfone groups is 1. The first kappa shape index (κ1) is 18.5. The number of hydrogen-bond acceptors (Lipinski definition) is 4. The molecule has 0 aliphatic heterocycles. The van der Waals surface area contributed by atoms with Crippen LogP contribution in [0.2, 0.25) is 0 Å². The third-order valence-electron chi connectivity index (χ3n) is 3.67. The Balaban J connectivity index is 1.70. The third kappa shape index (κ3) is 4.65. The van der Waals surface area contributed by atoms with Gasteiger partial charge in [0.1, 0.15) is 5.82 Å². The van der Waals surface area contributed by atoms with Crippen LogP contribution in [0.5, 0.6) is 0 Å². The lowest BCUT2D eigenvalue weighted by molar-refractivity contribution is -0.111. The second-order valence-corrected chi connectivity index (χ2v) is 7.54. The van der Waals surface area contributed by atoms with Crippen LogP contribution in [-0.4, -0.2) is 19.3 Å². The fourth-order valence-electron chi connectivity index (χ4n) is 2.30. The Morgan fingerprint density at radius 1 is 0.963 bits per heavy atom. The zero-order valence-electron chi connectivity index (χ0n) is 14.0. The van der Waals surface area contributed by atoms with E-state index in [4.69, 9.17) is 0 Å². The number of aromatic nitrogens is 1. The summed E-state index contributed by atoms with van der Waals surface area (Å²) in [6.07, 6.45) is 6.24. The van der Waals surface area contributed by atoms with Crippen LogP contribution in [0.1, 0.15) is 5.56 Å². The monoisotopic (exact) mass is 382 g/mol. The summed E-state index contributed by atoms with van der Waals surface area (Å²) in [5.41, 5.74) is 1.24. The van der Waals surface area contributed by atoms with Crippen LogP contribution in [0.25, 0.3) is 6.08 Å². The lowest BCUT2D eigenvalue weighted by Crippen LogP contribution is -2.08. The minimum Gasteiger partial charge on any atom is -0.323 e. The van der Waals surface area contributed by atoms with Crippen LogP contribution in [0.4, 0.5) is 10.1 Å². The molecule has 2 aromatic carbocycles. The van der Waals surface area contributed by atoms with Crippen molar-refractivity contribution in [3.63, 3.8) is 0 Å². The molecule has 3 aromatic rings. The zero-order valence-corrected chi connectivity index (χ0v) is 14.9. The number of anilines is 1. The number of carbonyl (C=O) groups excluding carboxylic acids is 1. The van der Waals surface area contributed by atoms with Crippen molar-refractivity contribution in [2.45, 2.75) is 9.79 Å². The average molecular weight is 382 g/mol. The molecule has 0 spiro atoms. The molecular weight excluding hydrogens is 367 g/mol. The number of benzene rings is 2. The van der Waals surface area contributed by atoms with E-state index in [9.17, 15) is 17.6 Å². The number of rotatable bonds is 5. The zero-order chi connectivity index (χ0) is 19.3. The van der Waals surface area contributed by atoms with Crippen molar-refractivity contribution in [2.24, 2.45) is 0 Å². The molecule has 0 unspecified atom stereocenters. The Bertz CT molecular complexity index is 1060. The smallest absolute Gasteiger partial charge is 0.248 e. The molecule has 0 aliphatic carbocycles. The minimum absolute atomic E-state index is 0.0000828. The van der Waals surface area contributed by atoms with E-state index in [2.05, 4.69) is 10.3 Å². The van der Waals surface area contributed by atoms with E-state index in [1.807, 2.05) is 6.07 Å². The first-order valence-electron chi connectivity index (χ1n) is 7.95. The van der Waals surface area contributed by atoms with Crippen LogP contribution in [0.3, 0.4) is 0 Å². The summed E-state index contributed by atoms with van der Waals surface area (Å²) in [6.45, 7) is 0. The van der Waals surface area contributed by atoms with Crippen LogP contribution in [-0.2, 0) is 14.6 Å². The second kappa shape index (κ2) is 7.92. The number of pyridine rings is 1. The molecule has 27 heavy (non-hydrogen) atoms. The molecule has 0 atom stereocenters. The largest absolute Gasteiger partial charge is 0.323 e. The van der Waals surface area contributed by atoms with Crippen molar-refractivity contribution >= 4 is 27.5 Å². The van der Waals surface area contributed by atoms with E-state index in [0.29, 0.717) is 5.69 Å². The van der Waals surface area contributed by atoms with Gasteiger partial charge in [0.25, 0.3) is 0 Å². The topological polar surface area (TPSA) is 76.1 Å². The van der Waals surface area contributed by atoms with Crippen LogP contribution in [0.15, 0.2) is 88.9 Å². The highest BCUT2D eigenvalue weighted by atomic mass is 32.2. The van der Waals surface area contributed by atoms with E-state index in [0.717, 1.165) is 17.7 Å². The van der Waals surface area contributed by atoms with Crippen molar-refractivity contribution in [1.29, 1.82) is 0 Å². The maximum Gasteiger partial charge on any atom is 0.248 e. The van der Waals surface area contributed by atoms with Gasteiger partial charge in [-0.2, -0.15) is 0 Å². The van der Waals surface area contributed by atoms with Gasteiger partial charge in [0.05, 0.1) is 9.79 Å². The van der Waals surface area contributed by atoms with Crippen molar-refractivity contribution in [3.8, 4) is 0 Å². The number of nitrogens with one attached hydrogen (secondary N) is 1. The molecule has 0 aliphatic rings. The first-order chi connectivity index (χ1) is 12.9. The van der Waals surface area contributed by atoms with Crippen molar-refractivity contribution in [2.75, 3.05) is 5.32 Å². The highest BCUT2D eigenvalue weighted by Gasteiger charge is 2.17. The number of halogens is 1. The molecule has 0 saturated heterocycles. The molecule has 1 N–H and O–H groups in total. The quantitative estimate of drug-likeness (QED) is 0.539. The predicted molar refractivity (Wildman–Crippen MR) is 100 cm³/mol. The van der Waals surface area contributed by atoms with E-state index >= 15 is 0 Å². The molecule has 1 heterocycles. The van der Waals surface area contributed by atoms with Gasteiger partial charge < -0.3 is 5.32 Å². The molecule has 1 amide bonds. The molecule has 0 saturated carbocycles. The Labute approximate surface area is 156 Å². The summed E-state index contributed by atoms with van der Waals surface area (Å²) in [7, 11) is -3.75. The van der Waals surface area contributed by atoms with E-state index in [1.165, 1.54) is 42.5 Å². The minimum atomic E-state index is -3.75. The van der Waals surface area contributed by atoms with Gasteiger partial charge in [0.15, 0.2) is 0 Å². The molecule has 0 bridgehead atoms. The Kier molecular flexibility index (Phi) is 5.42. The highest BCUT2D eigenvalue weighted by Crippen LogP contribution is 2.22. The van der Waals surface area contributed by atoms with E-state index in [1.54, 1.807) is 24.5 Å². The number of hydrogen-bond donors (Lipinski definition) is 1. The summed E-state index contributed by atoms with van der Waals surface area (Å²) < 4.78 is 38.0. The molecule has 3 rings (SSSR count). The van der Waals surface area contributed by atoms with Crippen molar-refractivity contribution < 1.29 is 17.6 Å². The maximum absolute atomic E-state index is 13.0.